The molecule has 0 bridgehead atoms. The Bertz CT molecular complexity index is 1050. The number of hydrogen-bond acceptors (Lipinski definition) is 5. The molecular formula is C20H21FN4O3. The summed E-state index contributed by atoms with van der Waals surface area (Å²) in [6.07, 6.45) is 0. The van der Waals surface area contributed by atoms with Gasteiger partial charge in [0.1, 0.15) is 29.7 Å². The molecule has 3 rings (SSSR count). The van der Waals surface area contributed by atoms with Crippen molar-refractivity contribution in [2.75, 3.05) is 30.8 Å². The first-order chi connectivity index (χ1) is 13.5. The summed E-state index contributed by atoms with van der Waals surface area (Å²) < 4.78 is 19.8. The number of nitrogen functional groups attached to an aromatic ring is 1. The van der Waals surface area contributed by atoms with Crippen LogP contribution in [0.1, 0.15) is 5.56 Å². The fraction of sp³-hybridized carbons (Fsp3) is 0.200. The van der Waals surface area contributed by atoms with E-state index < -0.39 is 11.2 Å². The lowest BCUT2D eigenvalue weighted by Crippen LogP contribution is -2.38. The van der Waals surface area contributed by atoms with Crippen LogP contribution in [0.25, 0.3) is 0 Å². The highest BCUT2D eigenvalue weighted by Gasteiger charge is 2.16. The Kier molecular flexibility index (Phi) is 5.78. The van der Waals surface area contributed by atoms with E-state index in [1.54, 1.807) is 11.9 Å². The van der Waals surface area contributed by atoms with E-state index in [1.165, 1.54) is 28.8 Å². The van der Waals surface area contributed by atoms with Gasteiger partial charge >= 0.3 is 5.69 Å². The number of nitrogens with two attached hydrogens (primary N) is 1. The predicted octanol–water partition coefficient (Wildman–Crippen LogP) is 1.82. The molecule has 1 aromatic heterocycles. The number of H-pyrrole nitrogens is 1. The van der Waals surface area contributed by atoms with Crippen LogP contribution in [-0.2, 0) is 6.54 Å². The molecule has 0 aliphatic heterocycles. The van der Waals surface area contributed by atoms with Crippen LogP contribution >= 0.6 is 0 Å². The number of aromatic nitrogens is 2. The normalized spacial score (nSPS) is 10.6. The van der Waals surface area contributed by atoms with Gasteiger partial charge in [0.05, 0.1) is 13.1 Å². The van der Waals surface area contributed by atoms with Gasteiger partial charge in [-0.15, -0.1) is 0 Å². The first-order valence-electron chi connectivity index (χ1n) is 8.71. The second kappa shape index (κ2) is 8.43. The van der Waals surface area contributed by atoms with Crippen molar-refractivity contribution in [2.24, 2.45) is 0 Å². The number of aromatic amines is 1. The number of ether oxygens (including phenoxy) is 1. The summed E-state index contributed by atoms with van der Waals surface area (Å²) in [5.41, 5.74) is 6.11. The first kappa shape index (κ1) is 19.2. The summed E-state index contributed by atoms with van der Waals surface area (Å²) in [4.78, 5) is 28.5. The molecule has 3 N–H and O–H groups in total. The molecule has 2 aromatic carbocycles. The summed E-state index contributed by atoms with van der Waals surface area (Å²) in [5.74, 6) is 0.261. The Labute approximate surface area is 160 Å². The van der Waals surface area contributed by atoms with Crippen LogP contribution < -0.4 is 26.6 Å². The van der Waals surface area contributed by atoms with Crippen molar-refractivity contribution in [3.8, 4) is 5.75 Å². The molecule has 0 spiro atoms. The second-order valence-corrected chi connectivity index (χ2v) is 6.29. The van der Waals surface area contributed by atoms with Crippen molar-refractivity contribution >= 4 is 11.5 Å². The van der Waals surface area contributed by atoms with Crippen molar-refractivity contribution in [3.63, 3.8) is 0 Å². The fourth-order valence-electron chi connectivity index (χ4n) is 2.81. The Morgan fingerprint density at radius 3 is 2.46 bits per heavy atom. The van der Waals surface area contributed by atoms with Gasteiger partial charge in [-0.05, 0) is 29.8 Å². The van der Waals surface area contributed by atoms with Crippen LogP contribution in [0.4, 0.5) is 15.9 Å². The average Bonchev–Trinajstić information content (AvgIpc) is 2.67. The number of halogens is 1. The Morgan fingerprint density at radius 1 is 1.11 bits per heavy atom. The van der Waals surface area contributed by atoms with Gasteiger partial charge in [0.2, 0.25) is 0 Å². The van der Waals surface area contributed by atoms with E-state index in [-0.39, 0.29) is 30.5 Å². The smallest absolute Gasteiger partial charge is 0.330 e. The van der Waals surface area contributed by atoms with Crippen LogP contribution in [0, 0.1) is 5.82 Å². The van der Waals surface area contributed by atoms with Crippen LogP contribution in [0.15, 0.2) is 64.2 Å². The second-order valence-electron chi connectivity index (χ2n) is 6.29. The van der Waals surface area contributed by atoms with Crippen LogP contribution in [-0.4, -0.2) is 29.8 Å². The zero-order chi connectivity index (χ0) is 20.1. The molecule has 3 aromatic rings. The fourth-order valence-corrected chi connectivity index (χ4v) is 2.81. The van der Waals surface area contributed by atoms with E-state index in [4.69, 9.17) is 10.5 Å². The van der Waals surface area contributed by atoms with E-state index in [9.17, 15) is 14.0 Å². The molecule has 8 heteroatoms. The number of nitrogens with zero attached hydrogens (tertiary/aromatic N) is 2. The van der Waals surface area contributed by atoms with Crippen molar-refractivity contribution in [1.82, 2.24) is 9.55 Å². The Hall–Kier alpha value is -3.55. The van der Waals surface area contributed by atoms with E-state index >= 15 is 0 Å². The standard InChI is InChI=1S/C20H21FN4O3/c1-24(11-12-28-16-9-7-15(21)8-10-16)17-18(22)25(20(27)23-19(17)26)13-14-5-3-2-4-6-14/h2-10H,11-13,22H2,1H3,(H,23,26,27). The molecule has 0 radical (unpaired) electrons. The van der Waals surface area contributed by atoms with Gasteiger partial charge in [-0.3, -0.25) is 14.3 Å². The SMILES string of the molecule is CN(CCOc1ccc(F)cc1)c1c(N)n(Cc2ccccc2)c(=O)[nH]c1=O. The number of likely N-dealkylation sites (N-methyl/N-ethyl adjacent to an activating group) is 1. The van der Waals surface area contributed by atoms with Gasteiger partial charge < -0.3 is 15.4 Å². The summed E-state index contributed by atoms with van der Waals surface area (Å²) >= 11 is 0. The number of anilines is 2. The van der Waals surface area contributed by atoms with Gasteiger partial charge in [-0.25, -0.2) is 9.18 Å². The molecule has 7 nitrogen and oxygen atoms in total. The van der Waals surface area contributed by atoms with Crippen molar-refractivity contribution < 1.29 is 9.13 Å². The van der Waals surface area contributed by atoms with Crippen LogP contribution in [0.3, 0.4) is 0 Å². The van der Waals surface area contributed by atoms with Gasteiger partial charge in [-0.2, -0.15) is 0 Å². The minimum absolute atomic E-state index is 0.0851. The molecule has 146 valence electrons. The largest absolute Gasteiger partial charge is 0.492 e. The molecule has 0 aliphatic rings. The number of hydrogen-bond donors (Lipinski definition) is 2. The zero-order valence-corrected chi connectivity index (χ0v) is 15.4. The van der Waals surface area contributed by atoms with E-state index in [1.807, 2.05) is 30.3 Å². The third-order valence-corrected chi connectivity index (χ3v) is 4.29. The van der Waals surface area contributed by atoms with Crippen LogP contribution in [0.5, 0.6) is 5.75 Å². The molecule has 0 aliphatic carbocycles. The summed E-state index contributed by atoms with van der Waals surface area (Å²) in [7, 11) is 1.69. The molecule has 0 fully saturated rings. The van der Waals surface area contributed by atoms with Crippen molar-refractivity contribution in [3.05, 3.63) is 86.8 Å². The lowest BCUT2D eigenvalue weighted by Gasteiger charge is -2.22. The number of rotatable bonds is 7. The third-order valence-electron chi connectivity index (χ3n) is 4.29. The third kappa shape index (κ3) is 4.40. The zero-order valence-electron chi connectivity index (χ0n) is 15.4. The lowest BCUT2D eigenvalue weighted by molar-refractivity contribution is 0.325. The van der Waals surface area contributed by atoms with Gasteiger partial charge in [0, 0.05) is 7.05 Å². The van der Waals surface area contributed by atoms with E-state index in [0.717, 1.165) is 5.56 Å². The summed E-state index contributed by atoms with van der Waals surface area (Å²) in [5, 5.41) is 0. The summed E-state index contributed by atoms with van der Waals surface area (Å²) in [6, 6.07) is 15.0. The molecule has 1 heterocycles. The molecular weight excluding hydrogens is 363 g/mol. The number of nitrogens with one attached hydrogen (secondary N) is 1. The highest BCUT2D eigenvalue weighted by molar-refractivity contribution is 5.62. The maximum atomic E-state index is 12.9. The predicted molar refractivity (Wildman–Crippen MR) is 106 cm³/mol. The maximum absolute atomic E-state index is 12.9. The van der Waals surface area contributed by atoms with E-state index in [2.05, 4.69) is 4.98 Å². The number of benzene rings is 2. The van der Waals surface area contributed by atoms with Crippen LogP contribution in [0.2, 0.25) is 0 Å². The first-order valence-corrected chi connectivity index (χ1v) is 8.71. The van der Waals surface area contributed by atoms with Crippen molar-refractivity contribution in [1.29, 1.82) is 0 Å². The molecule has 0 atom stereocenters. The van der Waals surface area contributed by atoms with Crippen molar-refractivity contribution in [2.45, 2.75) is 6.54 Å². The quantitative estimate of drug-likeness (QED) is 0.648. The minimum atomic E-state index is -0.564. The topological polar surface area (TPSA) is 93.3 Å². The van der Waals surface area contributed by atoms with Gasteiger partial charge in [0.15, 0.2) is 0 Å². The average molecular weight is 384 g/mol. The van der Waals surface area contributed by atoms with Gasteiger partial charge in [-0.1, -0.05) is 30.3 Å². The van der Waals surface area contributed by atoms with Gasteiger partial charge in [0.25, 0.3) is 5.56 Å². The Morgan fingerprint density at radius 2 is 1.79 bits per heavy atom. The summed E-state index contributed by atoms with van der Waals surface area (Å²) in [6.45, 7) is 0.836. The highest BCUT2D eigenvalue weighted by Crippen LogP contribution is 2.16. The molecule has 28 heavy (non-hydrogen) atoms. The monoisotopic (exact) mass is 384 g/mol. The minimum Gasteiger partial charge on any atom is -0.492 e. The van der Waals surface area contributed by atoms with E-state index in [0.29, 0.717) is 12.3 Å². The Balaban J connectivity index is 1.76. The molecule has 0 saturated carbocycles. The molecule has 0 amide bonds. The maximum Gasteiger partial charge on any atom is 0.330 e. The lowest BCUT2D eigenvalue weighted by atomic mass is 10.2. The highest BCUT2D eigenvalue weighted by atomic mass is 19.1. The molecule has 0 saturated heterocycles. The molecule has 0 unspecified atom stereocenters.